The molecule has 0 bridgehead atoms. The normalized spacial score (nSPS) is 29.4. The van der Waals surface area contributed by atoms with E-state index in [1.54, 1.807) is 0 Å². The van der Waals surface area contributed by atoms with E-state index < -0.39 is 0 Å². The summed E-state index contributed by atoms with van der Waals surface area (Å²) in [6, 6.07) is 0.725. The summed E-state index contributed by atoms with van der Waals surface area (Å²) in [5, 5.41) is 0. The Kier molecular flexibility index (Phi) is 5.87. The molecule has 0 aromatic rings. The molecule has 1 aliphatic carbocycles. The smallest absolute Gasteiger partial charge is 0.127 e. The van der Waals surface area contributed by atoms with E-state index in [1.807, 2.05) is 0 Å². The second kappa shape index (κ2) is 7.42. The molecule has 1 heterocycles. The summed E-state index contributed by atoms with van der Waals surface area (Å²) in [6.07, 6.45) is 15.4. The molecule has 0 aromatic heterocycles. The van der Waals surface area contributed by atoms with Gasteiger partial charge in [-0.05, 0) is 38.6 Å². The molecule has 1 unspecified atom stereocenters. The molecule has 0 radical (unpaired) electrons. The van der Waals surface area contributed by atoms with Gasteiger partial charge in [-0.3, -0.25) is 4.90 Å². The zero-order valence-electron chi connectivity index (χ0n) is 12.7. The molecule has 2 rings (SSSR count). The van der Waals surface area contributed by atoms with Gasteiger partial charge in [0.1, 0.15) is 6.29 Å². The van der Waals surface area contributed by atoms with Crippen molar-refractivity contribution in [3.63, 3.8) is 0 Å². The van der Waals surface area contributed by atoms with Crippen LogP contribution in [0, 0.1) is 5.41 Å². The molecule has 0 N–H and O–H groups in total. The third-order valence-corrected chi connectivity index (χ3v) is 5.34. The molecule has 0 spiro atoms. The van der Waals surface area contributed by atoms with Crippen LogP contribution in [-0.4, -0.2) is 30.3 Å². The number of carbonyl (C=O) groups excluding carboxylic acids is 1. The lowest BCUT2D eigenvalue weighted by atomic mass is 9.81. The fourth-order valence-corrected chi connectivity index (χ4v) is 4.06. The zero-order chi connectivity index (χ0) is 13.6. The Balaban J connectivity index is 2.03. The Hall–Kier alpha value is -0.370. The van der Waals surface area contributed by atoms with Gasteiger partial charge in [0, 0.05) is 18.0 Å². The van der Waals surface area contributed by atoms with Gasteiger partial charge in [-0.1, -0.05) is 45.4 Å². The maximum Gasteiger partial charge on any atom is 0.127 e. The average Bonchev–Trinajstić information content (AvgIpc) is 2.80. The third-order valence-electron chi connectivity index (χ3n) is 5.34. The Labute approximate surface area is 118 Å². The summed E-state index contributed by atoms with van der Waals surface area (Å²) in [4.78, 5) is 14.4. The minimum absolute atomic E-state index is 0.0196. The second-order valence-corrected chi connectivity index (χ2v) is 6.78. The Morgan fingerprint density at radius 3 is 2.37 bits per heavy atom. The SMILES string of the molecule is CCC1CCCCCN1CC1(C=O)CCCCCC1. The summed E-state index contributed by atoms with van der Waals surface area (Å²) in [7, 11) is 0. The average molecular weight is 265 g/mol. The lowest BCUT2D eigenvalue weighted by Gasteiger charge is -2.37. The van der Waals surface area contributed by atoms with Crippen LogP contribution in [0.15, 0.2) is 0 Å². The minimum atomic E-state index is -0.0196. The van der Waals surface area contributed by atoms with Crippen molar-refractivity contribution in [3.05, 3.63) is 0 Å². The Morgan fingerprint density at radius 1 is 1.05 bits per heavy atom. The lowest BCUT2D eigenvalue weighted by Crippen LogP contribution is -2.44. The van der Waals surface area contributed by atoms with Crippen LogP contribution in [-0.2, 0) is 4.79 Å². The summed E-state index contributed by atoms with van der Waals surface area (Å²) >= 11 is 0. The fourth-order valence-electron chi connectivity index (χ4n) is 4.06. The molecule has 1 saturated carbocycles. The topological polar surface area (TPSA) is 20.3 Å². The van der Waals surface area contributed by atoms with Crippen LogP contribution in [0.3, 0.4) is 0 Å². The van der Waals surface area contributed by atoms with E-state index in [1.165, 1.54) is 70.6 Å². The molecule has 2 aliphatic rings. The standard InChI is InChI=1S/C17H31NO/c1-2-16-10-6-5-9-13-18(16)14-17(15-19)11-7-3-4-8-12-17/h15-16H,2-14H2,1H3. The monoisotopic (exact) mass is 265 g/mol. The predicted octanol–water partition coefficient (Wildman–Crippen LogP) is 4.18. The molecular formula is C17H31NO. The van der Waals surface area contributed by atoms with Crippen molar-refractivity contribution in [1.82, 2.24) is 4.90 Å². The van der Waals surface area contributed by atoms with E-state index in [-0.39, 0.29) is 5.41 Å². The van der Waals surface area contributed by atoms with Gasteiger partial charge in [-0.15, -0.1) is 0 Å². The number of likely N-dealkylation sites (tertiary alicyclic amines) is 1. The van der Waals surface area contributed by atoms with Crippen molar-refractivity contribution >= 4 is 6.29 Å². The van der Waals surface area contributed by atoms with Crippen molar-refractivity contribution in [1.29, 1.82) is 0 Å². The van der Waals surface area contributed by atoms with Gasteiger partial charge in [-0.2, -0.15) is 0 Å². The molecule has 2 heteroatoms. The molecular weight excluding hydrogens is 234 g/mol. The van der Waals surface area contributed by atoms with Gasteiger partial charge >= 0.3 is 0 Å². The number of carbonyl (C=O) groups is 1. The highest BCUT2D eigenvalue weighted by Crippen LogP contribution is 2.35. The first kappa shape index (κ1) is 15.0. The second-order valence-electron chi connectivity index (χ2n) is 6.78. The van der Waals surface area contributed by atoms with Gasteiger partial charge in [0.15, 0.2) is 0 Å². The first-order valence-electron chi connectivity index (χ1n) is 8.50. The minimum Gasteiger partial charge on any atom is -0.303 e. The van der Waals surface area contributed by atoms with Crippen molar-refractivity contribution in [3.8, 4) is 0 Å². The molecule has 1 atom stereocenters. The van der Waals surface area contributed by atoms with Crippen LogP contribution in [0.5, 0.6) is 0 Å². The van der Waals surface area contributed by atoms with Crippen LogP contribution in [0.4, 0.5) is 0 Å². The molecule has 0 aromatic carbocycles. The predicted molar refractivity (Wildman–Crippen MR) is 80.3 cm³/mol. The number of hydrogen-bond acceptors (Lipinski definition) is 2. The highest BCUT2D eigenvalue weighted by atomic mass is 16.1. The quantitative estimate of drug-likeness (QED) is 0.561. The largest absolute Gasteiger partial charge is 0.303 e. The summed E-state index contributed by atoms with van der Waals surface area (Å²) in [5.74, 6) is 0. The van der Waals surface area contributed by atoms with Gasteiger partial charge in [0.25, 0.3) is 0 Å². The van der Waals surface area contributed by atoms with Crippen LogP contribution in [0.25, 0.3) is 0 Å². The van der Waals surface area contributed by atoms with Crippen LogP contribution >= 0.6 is 0 Å². The lowest BCUT2D eigenvalue weighted by molar-refractivity contribution is -0.118. The molecule has 19 heavy (non-hydrogen) atoms. The molecule has 0 amide bonds. The fraction of sp³-hybridized carbons (Fsp3) is 0.941. The third kappa shape index (κ3) is 4.05. The first-order valence-corrected chi connectivity index (χ1v) is 8.50. The summed E-state index contributed by atoms with van der Waals surface area (Å²) < 4.78 is 0. The maximum atomic E-state index is 11.8. The van der Waals surface area contributed by atoms with Crippen molar-refractivity contribution < 1.29 is 4.79 Å². The van der Waals surface area contributed by atoms with Crippen LogP contribution < -0.4 is 0 Å². The highest BCUT2D eigenvalue weighted by Gasteiger charge is 2.34. The van der Waals surface area contributed by atoms with Gasteiger partial charge in [0.2, 0.25) is 0 Å². The molecule has 1 saturated heterocycles. The van der Waals surface area contributed by atoms with E-state index in [4.69, 9.17) is 0 Å². The first-order chi connectivity index (χ1) is 9.29. The van der Waals surface area contributed by atoms with Gasteiger partial charge in [0.05, 0.1) is 0 Å². The Morgan fingerprint density at radius 2 is 1.74 bits per heavy atom. The summed E-state index contributed by atoms with van der Waals surface area (Å²) in [6.45, 7) is 4.56. The van der Waals surface area contributed by atoms with Crippen LogP contribution in [0.1, 0.15) is 77.6 Å². The number of hydrogen-bond donors (Lipinski definition) is 0. The summed E-state index contributed by atoms with van der Waals surface area (Å²) in [5.41, 5.74) is -0.0196. The van der Waals surface area contributed by atoms with Crippen LogP contribution in [0.2, 0.25) is 0 Å². The van der Waals surface area contributed by atoms with Crippen molar-refractivity contribution in [2.75, 3.05) is 13.1 Å². The van der Waals surface area contributed by atoms with E-state index in [2.05, 4.69) is 11.8 Å². The van der Waals surface area contributed by atoms with E-state index in [0.29, 0.717) is 0 Å². The van der Waals surface area contributed by atoms with Crippen molar-refractivity contribution in [2.24, 2.45) is 5.41 Å². The molecule has 2 nitrogen and oxygen atoms in total. The van der Waals surface area contributed by atoms with Crippen molar-refractivity contribution in [2.45, 2.75) is 83.6 Å². The number of rotatable bonds is 4. The highest BCUT2D eigenvalue weighted by molar-refractivity contribution is 5.59. The van der Waals surface area contributed by atoms with E-state index in [9.17, 15) is 4.79 Å². The Bertz CT molecular complexity index is 268. The van der Waals surface area contributed by atoms with E-state index in [0.717, 1.165) is 25.4 Å². The molecule has 110 valence electrons. The van der Waals surface area contributed by atoms with Gasteiger partial charge < -0.3 is 4.79 Å². The van der Waals surface area contributed by atoms with E-state index >= 15 is 0 Å². The molecule has 1 aliphatic heterocycles. The maximum absolute atomic E-state index is 11.8. The number of aldehydes is 1. The number of nitrogens with zero attached hydrogens (tertiary/aromatic N) is 1. The molecule has 2 fully saturated rings. The zero-order valence-corrected chi connectivity index (χ0v) is 12.7. The van der Waals surface area contributed by atoms with Gasteiger partial charge in [-0.25, -0.2) is 0 Å².